The molecule has 0 aliphatic rings. The Kier molecular flexibility index (Phi) is 4.07. The van der Waals surface area contributed by atoms with E-state index < -0.39 is 16.2 Å². The van der Waals surface area contributed by atoms with E-state index in [0.29, 0.717) is 17.1 Å². The average Bonchev–Trinajstić information content (AvgIpc) is 2.14. The molecular formula is C9H12ClNO3S. The van der Waals surface area contributed by atoms with Crippen LogP contribution in [0.1, 0.15) is 25.1 Å². The van der Waals surface area contributed by atoms with Gasteiger partial charge in [0.25, 0.3) is 10.1 Å². The van der Waals surface area contributed by atoms with Gasteiger partial charge in [-0.3, -0.25) is 9.17 Å². The molecule has 1 rings (SSSR count). The van der Waals surface area contributed by atoms with Crippen molar-refractivity contribution in [2.45, 2.75) is 19.4 Å². The Morgan fingerprint density at radius 2 is 2.20 bits per heavy atom. The Labute approximate surface area is 94.4 Å². The van der Waals surface area contributed by atoms with Gasteiger partial charge in [-0.25, -0.2) is 0 Å². The second-order valence-electron chi connectivity index (χ2n) is 3.10. The van der Waals surface area contributed by atoms with Gasteiger partial charge in [0.2, 0.25) is 0 Å². The molecule has 84 valence electrons. The van der Waals surface area contributed by atoms with Crippen molar-refractivity contribution in [1.82, 2.24) is 4.98 Å². The van der Waals surface area contributed by atoms with Crippen LogP contribution in [0.3, 0.4) is 0 Å². The van der Waals surface area contributed by atoms with Gasteiger partial charge in [0, 0.05) is 6.20 Å². The fourth-order valence-electron chi connectivity index (χ4n) is 1.12. The summed E-state index contributed by atoms with van der Waals surface area (Å²) in [6.07, 6.45) is 2.47. The summed E-state index contributed by atoms with van der Waals surface area (Å²) in [4.78, 5) is 4.01. The van der Waals surface area contributed by atoms with Crippen molar-refractivity contribution in [2.24, 2.45) is 0 Å². The lowest BCUT2D eigenvalue weighted by Gasteiger charge is -2.13. The summed E-state index contributed by atoms with van der Waals surface area (Å²) in [5.74, 6) is 0. The average molecular weight is 250 g/mol. The predicted octanol–water partition coefficient (Wildman–Crippen LogP) is 2.16. The Morgan fingerprint density at radius 1 is 1.53 bits per heavy atom. The zero-order valence-corrected chi connectivity index (χ0v) is 10.0. The summed E-state index contributed by atoms with van der Waals surface area (Å²) in [5.41, 5.74) is 0.562. The van der Waals surface area contributed by atoms with Crippen LogP contribution in [0.25, 0.3) is 0 Å². The normalized spacial score (nSPS) is 13.8. The molecule has 15 heavy (non-hydrogen) atoms. The summed E-state index contributed by atoms with van der Waals surface area (Å²) in [5, 5.41) is 0.507. The van der Waals surface area contributed by atoms with Crippen LogP contribution in [0.2, 0.25) is 5.02 Å². The number of aromatic nitrogens is 1. The second-order valence-corrected chi connectivity index (χ2v) is 5.14. The molecule has 6 heteroatoms. The molecule has 0 fully saturated rings. The standard InChI is InChI=1S/C9H12ClNO3S/c1-3-9(14-15(2,12)13)8-5-4-7(10)6-11-8/h4-6,9H,3H2,1-2H3. The first-order chi connectivity index (χ1) is 6.92. The van der Waals surface area contributed by atoms with Crippen LogP contribution < -0.4 is 0 Å². The van der Waals surface area contributed by atoms with Gasteiger partial charge in [-0.05, 0) is 18.6 Å². The first-order valence-electron chi connectivity index (χ1n) is 4.42. The molecule has 0 bridgehead atoms. The monoisotopic (exact) mass is 249 g/mol. The van der Waals surface area contributed by atoms with Crippen molar-refractivity contribution in [2.75, 3.05) is 6.26 Å². The maximum atomic E-state index is 11.0. The Hall–Kier alpha value is -0.650. The highest BCUT2D eigenvalue weighted by Crippen LogP contribution is 2.21. The van der Waals surface area contributed by atoms with Crippen LogP contribution >= 0.6 is 11.6 Å². The molecule has 0 saturated heterocycles. The minimum Gasteiger partial charge on any atom is -0.261 e. The fourth-order valence-corrected chi connectivity index (χ4v) is 1.88. The van der Waals surface area contributed by atoms with E-state index in [9.17, 15) is 8.42 Å². The second kappa shape index (κ2) is 4.92. The molecule has 1 unspecified atom stereocenters. The lowest BCUT2D eigenvalue weighted by molar-refractivity contribution is 0.206. The highest BCUT2D eigenvalue weighted by Gasteiger charge is 2.16. The van der Waals surface area contributed by atoms with E-state index in [4.69, 9.17) is 15.8 Å². The largest absolute Gasteiger partial charge is 0.265 e. The smallest absolute Gasteiger partial charge is 0.261 e. The molecular weight excluding hydrogens is 238 g/mol. The number of pyridine rings is 1. The quantitative estimate of drug-likeness (QED) is 0.768. The molecule has 0 saturated carbocycles. The first-order valence-corrected chi connectivity index (χ1v) is 6.61. The maximum absolute atomic E-state index is 11.0. The minimum atomic E-state index is -3.47. The van der Waals surface area contributed by atoms with Crippen LogP contribution in [-0.4, -0.2) is 19.7 Å². The molecule has 0 aliphatic carbocycles. The van der Waals surface area contributed by atoms with Gasteiger partial charge >= 0.3 is 0 Å². The minimum absolute atomic E-state index is 0.507. The van der Waals surface area contributed by atoms with Crippen molar-refractivity contribution in [3.05, 3.63) is 29.0 Å². The van der Waals surface area contributed by atoms with Crippen LogP contribution in [0.15, 0.2) is 18.3 Å². The lowest BCUT2D eigenvalue weighted by atomic mass is 10.2. The Bertz CT molecular complexity index is 415. The van der Waals surface area contributed by atoms with E-state index in [0.717, 1.165) is 6.26 Å². The molecule has 0 spiro atoms. The number of rotatable bonds is 4. The third kappa shape index (κ3) is 4.15. The molecule has 0 aliphatic heterocycles. The van der Waals surface area contributed by atoms with Crippen LogP contribution in [0.4, 0.5) is 0 Å². The van der Waals surface area contributed by atoms with Gasteiger partial charge < -0.3 is 0 Å². The van der Waals surface area contributed by atoms with Gasteiger partial charge in [0.1, 0.15) is 6.10 Å². The summed E-state index contributed by atoms with van der Waals surface area (Å²) in [6.45, 7) is 1.83. The van der Waals surface area contributed by atoms with Gasteiger partial charge in [-0.15, -0.1) is 0 Å². The van der Waals surface area contributed by atoms with E-state index in [1.165, 1.54) is 6.20 Å². The lowest BCUT2D eigenvalue weighted by Crippen LogP contribution is -2.10. The summed E-state index contributed by atoms with van der Waals surface area (Å²) in [7, 11) is -3.47. The number of hydrogen-bond acceptors (Lipinski definition) is 4. The highest BCUT2D eigenvalue weighted by atomic mass is 35.5. The van der Waals surface area contributed by atoms with E-state index >= 15 is 0 Å². The molecule has 1 aromatic rings. The van der Waals surface area contributed by atoms with Crippen molar-refractivity contribution < 1.29 is 12.6 Å². The van der Waals surface area contributed by atoms with Crippen LogP contribution in [0.5, 0.6) is 0 Å². The van der Waals surface area contributed by atoms with E-state index in [1.54, 1.807) is 12.1 Å². The molecule has 1 heterocycles. The van der Waals surface area contributed by atoms with Gasteiger partial charge in [-0.2, -0.15) is 8.42 Å². The van der Waals surface area contributed by atoms with Gasteiger partial charge in [-0.1, -0.05) is 18.5 Å². The van der Waals surface area contributed by atoms with Crippen LogP contribution in [-0.2, 0) is 14.3 Å². The summed E-state index contributed by atoms with van der Waals surface area (Å²) in [6, 6.07) is 3.31. The van der Waals surface area contributed by atoms with Crippen LogP contribution in [0, 0.1) is 0 Å². The molecule has 1 atom stereocenters. The Balaban J connectivity index is 2.88. The third-order valence-corrected chi connectivity index (χ3v) is 2.55. The number of nitrogens with zero attached hydrogens (tertiary/aromatic N) is 1. The first kappa shape index (κ1) is 12.4. The predicted molar refractivity (Wildman–Crippen MR) is 58.2 cm³/mol. The number of halogens is 1. The highest BCUT2D eigenvalue weighted by molar-refractivity contribution is 7.86. The van der Waals surface area contributed by atoms with Crippen molar-refractivity contribution in [1.29, 1.82) is 0 Å². The molecule has 1 aromatic heterocycles. The molecule has 0 N–H and O–H groups in total. The zero-order valence-electron chi connectivity index (χ0n) is 8.47. The maximum Gasteiger partial charge on any atom is 0.265 e. The molecule has 0 radical (unpaired) electrons. The van der Waals surface area contributed by atoms with E-state index in [2.05, 4.69) is 4.98 Å². The number of hydrogen-bond donors (Lipinski definition) is 0. The Morgan fingerprint density at radius 3 is 2.60 bits per heavy atom. The third-order valence-electron chi connectivity index (χ3n) is 1.74. The SMILES string of the molecule is CCC(OS(C)(=O)=O)c1ccc(Cl)cn1. The van der Waals surface area contributed by atoms with Crippen molar-refractivity contribution in [3.8, 4) is 0 Å². The van der Waals surface area contributed by atoms with Gasteiger partial charge in [0.15, 0.2) is 0 Å². The molecule has 0 aromatic carbocycles. The van der Waals surface area contributed by atoms with E-state index in [1.807, 2.05) is 6.92 Å². The van der Waals surface area contributed by atoms with Gasteiger partial charge in [0.05, 0.1) is 17.0 Å². The topological polar surface area (TPSA) is 56.3 Å². The van der Waals surface area contributed by atoms with Crippen molar-refractivity contribution >= 4 is 21.7 Å². The van der Waals surface area contributed by atoms with Crippen molar-refractivity contribution in [3.63, 3.8) is 0 Å². The van der Waals surface area contributed by atoms with E-state index in [-0.39, 0.29) is 0 Å². The summed E-state index contributed by atoms with van der Waals surface area (Å²) >= 11 is 5.67. The summed E-state index contributed by atoms with van der Waals surface area (Å²) < 4.78 is 26.8. The fraction of sp³-hybridized carbons (Fsp3) is 0.444. The molecule has 0 amide bonds. The zero-order chi connectivity index (χ0) is 11.5. The molecule has 4 nitrogen and oxygen atoms in total.